The van der Waals surface area contributed by atoms with Gasteiger partial charge in [-0.3, -0.25) is 4.68 Å². The van der Waals surface area contributed by atoms with E-state index in [9.17, 15) is 0 Å². The number of pyridine rings is 1. The highest BCUT2D eigenvalue weighted by Gasteiger charge is 2.29. The summed E-state index contributed by atoms with van der Waals surface area (Å²) >= 11 is 0. The van der Waals surface area contributed by atoms with E-state index in [1.807, 2.05) is 13.1 Å². The van der Waals surface area contributed by atoms with E-state index in [4.69, 9.17) is 5.26 Å². The third-order valence-electron chi connectivity index (χ3n) is 2.80. The molecule has 0 amide bonds. The number of rotatable bonds is 1. The number of nitrogens with zero attached hydrogens (tertiary/aromatic N) is 4. The molecule has 0 unspecified atom stereocenters. The van der Waals surface area contributed by atoms with Crippen molar-refractivity contribution in [2.24, 2.45) is 7.05 Å². The molecule has 2 heterocycles. The van der Waals surface area contributed by atoms with E-state index in [0.29, 0.717) is 11.5 Å². The number of aromatic nitrogens is 3. The van der Waals surface area contributed by atoms with Crippen molar-refractivity contribution < 1.29 is 0 Å². The Morgan fingerprint density at radius 1 is 1.53 bits per heavy atom. The minimum atomic E-state index is 0.587. The largest absolute Gasteiger partial charge is 0.250 e. The second kappa shape index (κ2) is 2.80. The van der Waals surface area contributed by atoms with Crippen LogP contribution in [0.4, 0.5) is 0 Å². The topological polar surface area (TPSA) is 54.5 Å². The monoisotopic (exact) mass is 198 g/mol. The molecule has 0 aliphatic heterocycles. The van der Waals surface area contributed by atoms with Crippen LogP contribution in [0.2, 0.25) is 0 Å². The van der Waals surface area contributed by atoms with Gasteiger partial charge in [0.15, 0.2) is 5.65 Å². The molecule has 0 bridgehead atoms. The van der Waals surface area contributed by atoms with Gasteiger partial charge in [-0.05, 0) is 18.9 Å². The smallest absolute Gasteiger partial charge is 0.157 e. The van der Waals surface area contributed by atoms with Crippen LogP contribution in [0.15, 0.2) is 12.3 Å². The van der Waals surface area contributed by atoms with Gasteiger partial charge in [-0.2, -0.15) is 10.4 Å². The first-order valence-corrected chi connectivity index (χ1v) is 5.02. The summed E-state index contributed by atoms with van der Waals surface area (Å²) in [6, 6.07) is 4.01. The molecule has 15 heavy (non-hydrogen) atoms. The van der Waals surface area contributed by atoms with E-state index < -0.39 is 0 Å². The fourth-order valence-electron chi connectivity index (χ4n) is 1.89. The van der Waals surface area contributed by atoms with Gasteiger partial charge in [-0.15, -0.1) is 0 Å². The van der Waals surface area contributed by atoms with Gasteiger partial charge in [0.25, 0.3) is 0 Å². The van der Waals surface area contributed by atoms with Crippen molar-refractivity contribution in [1.82, 2.24) is 14.8 Å². The first-order chi connectivity index (χ1) is 7.29. The summed E-state index contributed by atoms with van der Waals surface area (Å²) in [6.45, 7) is 0. The molecule has 1 aliphatic carbocycles. The Labute approximate surface area is 87.2 Å². The molecule has 1 saturated carbocycles. The Bertz CT molecular complexity index is 572. The van der Waals surface area contributed by atoms with E-state index in [-0.39, 0.29) is 0 Å². The van der Waals surface area contributed by atoms with Gasteiger partial charge < -0.3 is 0 Å². The highest BCUT2D eigenvalue weighted by Crippen LogP contribution is 2.42. The summed E-state index contributed by atoms with van der Waals surface area (Å²) in [5.41, 5.74) is 2.59. The molecule has 1 fully saturated rings. The lowest BCUT2D eigenvalue weighted by atomic mass is 10.1. The maximum atomic E-state index is 8.83. The molecule has 2 aromatic heterocycles. The van der Waals surface area contributed by atoms with Crippen molar-refractivity contribution in [3.05, 3.63) is 23.5 Å². The van der Waals surface area contributed by atoms with E-state index >= 15 is 0 Å². The van der Waals surface area contributed by atoms with Crippen molar-refractivity contribution in [2.75, 3.05) is 0 Å². The predicted molar refractivity (Wildman–Crippen MR) is 55.2 cm³/mol. The number of nitriles is 1. The van der Waals surface area contributed by atoms with Gasteiger partial charge >= 0.3 is 0 Å². The highest BCUT2D eigenvalue weighted by molar-refractivity contribution is 5.80. The fourth-order valence-corrected chi connectivity index (χ4v) is 1.89. The molecule has 3 rings (SSSR count). The van der Waals surface area contributed by atoms with Crippen LogP contribution in [-0.2, 0) is 7.05 Å². The zero-order valence-electron chi connectivity index (χ0n) is 8.44. The zero-order valence-corrected chi connectivity index (χ0v) is 8.44. The van der Waals surface area contributed by atoms with Gasteiger partial charge in [0.05, 0.1) is 11.3 Å². The van der Waals surface area contributed by atoms with E-state index in [2.05, 4.69) is 16.2 Å². The van der Waals surface area contributed by atoms with Gasteiger partial charge in [-0.1, -0.05) is 0 Å². The van der Waals surface area contributed by atoms with Crippen molar-refractivity contribution in [3.63, 3.8) is 0 Å². The van der Waals surface area contributed by atoms with Crippen LogP contribution in [0.1, 0.15) is 30.0 Å². The number of hydrogen-bond donors (Lipinski definition) is 0. The lowest BCUT2D eigenvalue weighted by Gasteiger charge is -1.93. The quantitative estimate of drug-likeness (QED) is 0.701. The molecular formula is C11H10N4. The van der Waals surface area contributed by atoms with Crippen molar-refractivity contribution in [2.45, 2.75) is 18.8 Å². The predicted octanol–water partition coefficient (Wildman–Crippen LogP) is 1.72. The molecule has 74 valence electrons. The Morgan fingerprint density at radius 3 is 3.00 bits per heavy atom. The molecule has 2 aromatic rings. The van der Waals surface area contributed by atoms with Crippen LogP contribution in [0.3, 0.4) is 0 Å². The second-order valence-electron chi connectivity index (χ2n) is 3.99. The highest BCUT2D eigenvalue weighted by atomic mass is 15.3. The lowest BCUT2D eigenvalue weighted by Crippen LogP contribution is -1.92. The summed E-state index contributed by atoms with van der Waals surface area (Å²) in [5.74, 6) is 0.587. The van der Waals surface area contributed by atoms with Crippen LogP contribution in [0, 0.1) is 11.3 Å². The number of fused-ring (bicyclic) bond motifs is 1. The van der Waals surface area contributed by atoms with Crippen LogP contribution < -0.4 is 0 Å². The Morgan fingerprint density at radius 2 is 2.33 bits per heavy atom. The Kier molecular flexibility index (Phi) is 1.57. The summed E-state index contributed by atoms with van der Waals surface area (Å²) < 4.78 is 1.80. The van der Waals surface area contributed by atoms with Crippen LogP contribution in [0.25, 0.3) is 11.0 Å². The van der Waals surface area contributed by atoms with Crippen LogP contribution in [0.5, 0.6) is 0 Å². The molecule has 0 radical (unpaired) electrons. The molecule has 0 spiro atoms. The molecule has 4 nitrogen and oxygen atoms in total. The number of hydrogen-bond acceptors (Lipinski definition) is 3. The standard InChI is InChI=1S/C11H10N4/c1-15-11-9(4-7(5-12)6-13-11)10(14-15)8-2-3-8/h4,6,8H,2-3H2,1H3. The zero-order chi connectivity index (χ0) is 10.4. The minimum Gasteiger partial charge on any atom is -0.250 e. The Balaban J connectivity index is 2.31. The van der Waals surface area contributed by atoms with Gasteiger partial charge in [0, 0.05) is 24.5 Å². The third-order valence-corrected chi connectivity index (χ3v) is 2.80. The average Bonchev–Trinajstić information content (AvgIpc) is 3.04. The summed E-state index contributed by atoms with van der Waals surface area (Å²) in [6.07, 6.45) is 4.02. The fraction of sp³-hybridized carbons (Fsp3) is 0.364. The first-order valence-electron chi connectivity index (χ1n) is 5.02. The Hall–Kier alpha value is -1.89. The minimum absolute atomic E-state index is 0.587. The molecular weight excluding hydrogens is 188 g/mol. The van der Waals surface area contributed by atoms with Crippen molar-refractivity contribution in [1.29, 1.82) is 5.26 Å². The third kappa shape index (κ3) is 1.20. The molecule has 0 atom stereocenters. The maximum Gasteiger partial charge on any atom is 0.157 e. The van der Waals surface area contributed by atoms with Gasteiger partial charge in [0.2, 0.25) is 0 Å². The second-order valence-corrected chi connectivity index (χ2v) is 3.99. The average molecular weight is 198 g/mol. The van der Waals surface area contributed by atoms with E-state index in [1.165, 1.54) is 12.8 Å². The summed E-state index contributed by atoms with van der Waals surface area (Å²) in [7, 11) is 1.90. The van der Waals surface area contributed by atoms with Gasteiger partial charge in [-0.25, -0.2) is 4.98 Å². The molecule has 0 N–H and O–H groups in total. The van der Waals surface area contributed by atoms with Crippen molar-refractivity contribution >= 4 is 11.0 Å². The molecule has 0 aromatic carbocycles. The normalized spacial score (nSPS) is 15.5. The molecule has 0 saturated heterocycles. The van der Waals surface area contributed by atoms with Crippen molar-refractivity contribution in [3.8, 4) is 6.07 Å². The van der Waals surface area contributed by atoms with E-state index in [1.54, 1.807) is 10.9 Å². The number of aryl methyl sites for hydroxylation is 1. The van der Waals surface area contributed by atoms with Crippen LogP contribution in [-0.4, -0.2) is 14.8 Å². The lowest BCUT2D eigenvalue weighted by molar-refractivity contribution is 0.759. The summed E-state index contributed by atoms with van der Waals surface area (Å²) in [4.78, 5) is 4.26. The maximum absolute atomic E-state index is 8.83. The summed E-state index contributed by atoms with van der Waals surface area (Å²) in [5, 5.41) is 14.3. The van der Waals surface area contributed by atoms with Crippen LogP contribution >= 0.6 is 0 Å². The SMILES string of the molecule is Cn1nc(C2CC2)c2cc(C#N)cnc21. The first kappa shape index (κ1) is 8.42. The molecule has 1 aliphatic rings. The van der Waals surface area contributed by atoms with E-state index in [0.717, 1.165) is 16.7 Å². The van der Waals surface area contributed by atoms with Gasteiger partial charge in [0.1, 0.15) is 6.07 Å². The molecule has 4 heteroatoms.